The van der Waals surface area contributed by atoms with E-state index in [1.807, 2.05) is 0 Å². The first-order valence-electron chi connectivity index (χ1n) is 9.37. The van der Waals surface area contributed by atoms with E-state index in [1.165, 1.54) is 38.5 Å². The predicted octanol–water partition coefficient (Wildman–Crippen LogP) is 5.10. The van der Waals surface area contributed by atoms with Crippen molar-refractivity contribution >= 4 is 5.97 Å². The summed E-state index contributed by atoms with van der Waals surface area (Å²) in [5, 5.41) is 8.80. The van der Waals surface area contributed by atoms with Crippen LogP contribution in [0.2, 0.25) is 0 Å². The van der Waals surface area contributed by atoms with Crippen LogP contribution in [0.25, 0.3) is 0 Å². The van der Waals surface area contributed by atoms with Gasteiger partial charge in [0.1, 0.15) is 5.75 Å². The molecule has 3 heteroatoms. The van der Waals surface area contributed by atoms with Crippen molar-refractivity contribution in [2.24, 2.45) is 23.7 Å². The van der Waals surface area contributed by atoms with E-state index in [4.69, 9.17) is 10.00 Å². The quantitative estimate of drug-likeness (QED) is 0.574. The summed E-state index contributed by atoms with van der Waals surface area (Å²) >= 11 is 0. The van der Waals surface area contributed by atoms with Crippen LogP contribution >= 0.6 is 0 Å². The van der Waals surface area contributed by atoms with E-state index in [9.17, 15) is 4.79 Å². The summed E-state index contributed by atoms with van der Waals surface area (Å²) in [7, 11) is 0. The number of hydrogen-bond donors (Lipinski definition) is 0. The second-order valence-electron chi connectivity index (χ2n) is 7.69. The van der Waals surface area contributed by atoms with Crippen molar-refractivity contribution in [3.63, 3.8) is 0 Å². The van der Waals surface area contributed by atoms with E-state index in [0.717, 1.165) is 30.6 Å². The summed E-state index contributed by atoms with van der Waals surface area (Å²) < 4.78 is 5.50. The number of ether oxygens (including phenoxy) is 1. The van der Waals surface area contributed by atoms with Crippen LogP contribution in [0.5, 0.6) is 5.75 Å². The molecule has 1 aromatic carbocycles. The molecule has 0 bridgehead atoms. The van der Waals surface area contributed by atoms with Crippen molar-refractivity contribution < 1.29 is 9.53 Å². The number of nitriles is 1. The molecule has 2 aliphatic rings. The van der Waals surface area contributed by atoms with Crippen molar-refractivity contribution in [2.75, 3.05) is 0 Å². The van der Waals surface area contributed by atoms with Crippen molar-refractivity contribution in [1.29, 1.82) is 5.26 Å². The second kappa shape index (κ2) is 7.83. The van der Waals surface area contributed by atoms with Gasteiger partial charge in [0.25, 0.3) is 0 Å². The van der Waals surface area contributed by atoms with Gasteiger partial charge >= 0.3 is 5.97 Å². The zero-order valence-electron chi connectivity index (χ0n) is 14.5. The second-order valence-corrected chi connectivity index (χ2v) is 7.69. The molecule has 0 amide bonds. The van der Waals surface area contributed by atoms with Crippen LogP contribution in [-0.2, 0) is 4.79 Å². The summed E-state index contributed by atoms with van der Waals surface area (Å²) in [6.45, 7) is 2.37. The van der Waals surface area contributed by atoms with Crippen LogP contribution in [0.3, 0.4) is 0 Å². The molecule has 2 fully saturated rings. The van der Waals surface area contributed by atoms with Gasteiger partial charge in [0.2, 0.25) is 0 Å². The Hall–Kier alpha value is -1.82. The number of hydrogen-bond acceptors (Lipinski definition) is 3. The molecule has 0 heterocycles. The van der Waals surface area contributed by atoms with Gasteiger partial charge in [-0.2, -0.15) is 5.26 Å². The van der Waals surface area contributed by atoms with E-state index in [2.05, 4.69) is 13.0 Å². The molecule has 0 saturated heterocycles. The van der Waals surface area contributed by atoms with Gasteiger partial charge in [0.05, 0.1) is 17.6 Å². The molecule has 3 rings (SSSR count). The lowest BCUT2D eigenvalue weighted by Crippen LogP contribution is -2.29. The fraction of sp³-hybridized carbons (Fsp3) is 0.619. The van der Waals surface area contributed by atoms with E-state index in [-0.39, 0.29) is 11.9 Å². The highest BCUT2D eigenvalue weighted by Crippen LogP contribution is 2.41. The molecule has 24 heavy (non-hydrogen) atoms. The molecule has 0 radical (unpaired) electrons. The molecule has 3 nitrogen and oxygen atoms in total. The maximum atomic E-state index is 12.4. The molecule has 0 aromatic heterocycles. The van der Waals surface area contributed by atoms with Crippen LogP contribution in [0.15, 0.2) is 24.3 Å². The first kappa shape index (κ1) is 17.0. The van der Waals surface area contributed by atoms with E-state index in [1.54, 1.807) is 24.3 Å². The lowest BCUT2D eigenvalue weighted by atomic mass is 9.69. The van der Waals surface area contributed by atoms with Crippen LogP contribution in [0.4, 0.5) is 0 Å². The number of esters is 1. The maximum absolute atomic E-state index is 12.4. The molecule has 0 atom stereocenters. The third-order valence-electron chi connectivity index (χ3n) is 6.03. The normalized spacial score (nSPS) is 30.3. The Morgan fingerprint density at radius 1 is 0.958 bits per heavy atom. The number of carbonyl (C=O) groups excluding carboxylic acids is 1. The Kier molecular flexibility index (Phi) is 5.56. The first-order chi connectivity index (χ1) is 11.7. The van der Waals surface area contributed by atoms with Gasteiger partial charge in [0, 0.05) is 0 Å². The molecule has 0 unspecified atom stereocenters. The van der Waals surface area contributed by atoms with Gasteiger partial charge < -0.3 is 4.74 Å². The van der Waals surface area contributed by atoms with E-state index < -0.39 is 0 Å². The zero-order chi connectivity index (χ0) is 16.9. The Balaban J connectivity index is 1.47. The Labute approximate surface area is 145 Å². The summed E-state index contributed by atoms with van der Waals surface area (Å²) in [5.41, 5.74) is 0.581. The minimum absolute atomic E-state index is 0.0411. The molecular formula is C21H27NO2. The smallest absolute Gasteiger partial charge is 0.314 e. The molecule has 128 valence electrons. The monoisotopic (exact) mass is 325 g/mol. The molecule has 0 N–H and O–H groups in total. The Bertz CT molecular complexity index is 585. The highest BCUT2D eigenvalue weighted by molar-refractivity contribution is 5.75. The van der Waals surface area contributed by atoms with Gasteiger partial charge in [-0.3, -0.25) is 4.79 Å². The lowest BCUT2D eigenvalue weighted by molar-refractivity contribution is -0.140. The zero-order valence-corrected chi connectivity index (χ0v) is 14.5. The van der Waals surface area contributed by atoms with Crippen LogP contribution in [0, 0.1) is 35.0 Å². The highest BCUT2D eigenvalue weighted by Gasteiger charge is 2.33. The summed E-state index contributed by atoms with van der Waals surface area (Å²) in [4.78, 5) is 12.4. The van der Waals surface area contributed by atoms with E-state index in [0.29, 0.717) is 11.3 Å². The largest absolute Gasteiger partial charge is 0.426 e. The standard InChI is InChI=1S/C21H27NO2/c1-15-2-6-17(7-3-15)18-8-10-19(11-9-18)21(23)24-20-12-4-16(14-22)5-13-20/h4-5,12-13,15,17-19H,2-3,6-11H2,1H3. The minimum Gasteiger partial charge on any atom is -0.426 e. The van der Waals surface area contributed by atoms with Gasteiger partial charge in [0.15, 0.2) is 0 Å². The van der Waals surface area contributed by atoms with Crippen LogP contribution in [0.1, 0.15) is 63.9 Å². The van der Waals surface area contributed by atoms with E-state index >= 15 is 0 Å². The number of carbonyl (C=O) groups is 1. The third-order valence-corrected chi connectivity index (χ3v) is 6.03. The van der Waals surface area contributed by atoms with Crippen LogP contribution in [-0.4, -0.2) is 5.97 Å². The van der Waals surface area contributed by atoms with Crippen molar-refractivity contribution in [2.45, 2.75) is 58.3 Å². The highest BCUT2D eigenvalue weighted by atomic mass is 16.5. The Morgan fingerprint density at radius 2 is 1.50 bits per heavy atom. The molecule has 1 aromatic rings. The van der Waals surface area contributed by atoms with Gasteiger partial charge in [-0.05, 0) is 80.5 Å². The summed E-state index contributed by atoms with van der Waals surface area (Å²) in [6.07, 6.45) is 9.80. The SMILES string of the molecule is CC1CCC(C2CCC(C(=O)Oc3ccc(C#N)cc3)CC2)CC1. The van der Waals surface area contributed by atoms with Gasteiger partial charge in [-0.15, -0.1) is 0 Å². The average molecular weight is 325 g/mol. The van der Waals surface area contributed by atoms with Crippen LogP contribution < -0.4 is 4.74 Å². The van der Waals surface area contributed by atoms with Crippen molar-refractivity contribution in [1.82, 2.24) is 0 Å². The fourth-order valence-electron chi connectivity index (χ4n) is 4.38. The molecule has 2 aliphatic carbocycles. The number of rotatable bonds is 3. The Morgan fingerprint density at radius 3 is 2.04 bits per heavy atom. The van der Waals surface area contributed by atoms with Gasteiger partial charge in [-0.1, -0.05) is 19.8 Å². The van der Waals surface area contributed by atoms with Gasteiger partial charge in [-0.25, -0.2) is 0 Å². The summed E-state index contributed by atoms with van der Waals surface area (Å²) in [5.74, 6) is 3.09. The predicted molar refractivity (Wildman–Crippen MR) is 93.4 cm³/mol. The topological polar surface area (TPSA) is 50.1 Å². The molecular weight excluding hydrogens is 298 g/mol. The average Bonchev–Trinajstić information content (AvgIpc) is 2.63. The lowest BCUT2D eigenvalue weighted by Gasteiger charge is -2.36. The molecule has 0 spiro atoms. The molecule has 2 saturated carbocycles. The molecule has 0 aliphatic heterocycles. The summed E-state index contributed by atoms with van der Waals surface area (Å²) in [6, 6.07) is 8.84. The number of nitrogens with zero attached hydrogens (tertiary/aromatic N) is 1. The third kappa shape index (κ3) is 4.17. The first-order valence-corrected chi connectivity index (χ1v) is 9.37. The maximum Gasteiger partial charge on any atom is 0.314 e. The minimum atomic E-state index is -0.101. The number of benzene rings is 1. The fourth-order valence-corrected chi connectivity index (χ4v) is 4.38. The van der Waals surface area contributed by atoms with Crippen molar-refractivity contribution in [3.8, 4) is 11.8 Å². The van der Waals surface area contributed by atoms with Crippen molar-refractivity contribution in [3.05, 3.63) is 29.8 Å².